The molecule has 0 aliphatic rings. The average Bonchev–Trinajstić information content (AvgIpc) is 2.36. The van der Waals surface area contributed by atoms with Crippen LogP contribution in [0.5, 0.6) is 17.4 Å². The first-order chi connectivity index (χ1) is 8.11. The smallest absolute Gasteiger partial charge is 0.273 e. The van der Waals surface area contributed by atoms with Gasteiger partial charge in [0.2, 0.25) is 11.2 Å². The molecule has 0 aliphatic heterocycles. The fourth-order valence-corrected chi connectivity index (χ4v) is 1.70. The predicted octanol–water partition coefficient (Wildman–Crippen LogP) is 0.962. The minimum atomic E-state index is -0.658. The molecule has 6 nitrogen and oxygen atoms in total. The molecule has 0 aliphatic carbocycles. The Balaban J connectivity index is 3.03. The van der Waals surface area contributed by atoms with Crippen molar-refractivity contribution in [2.75, 3.05) is 14.2 Å². The van der Waals surface area contributed by atoms with Crippen LogP contribution in [0.25, 0.3) is 10.9 Å². The monoisotopic (exact) mass is 237 g/mol. The van der Waals surface area contributed by atoms with Gasteiger partial charge >= 0.3 is 0 Å². The van der Waals surface area contributed by atoms with Gasteiger partial charge in [-0.05, 0) is 12.1 Å². The van der Waals surface area contributed by atoms with Gasteiger partial charge in [0.1, 0.15) is 11.3 Å². The third kappa shape index (κ3) is 1.45. The third-order valence-electron chi connectivity index (χ3n) is 2.49. The Morgan fingerprint density at radius 3 is 2.53 bits per heavy atom. The van der Waals surface area contributed by atoms with E-state index in [0.717, 1.165) is 0 Å². The fraction of sp³-hybridized carbons (Fsp3) is 0.182. The molecule has 0 amide bonds. The normalized spacial score (nSPS) is 10.5. The van der Waals surface area contributed by atoms with E-state index in [1.807, 2.05) is 0 Å². The number of nitrogens with zero attached hydrogens (tertiary/aromatic N) is 1. The van der Waals surface area contributed by atoms with E-state index in [0.29, 0.717) is 4.73 Å². The highest BCUT2D eigenvalue weighted by Gasteiger charge is 2.19. The van der Waals surface area contributed by atoms with E-state index < -0.39 is 11.3 Å². The van der Waals surface area contributed by atoms with Crippen LogP contribution in [-0.4, -0.2) is 29.3 Å². The quantitative estimate of drug-likeness (QED) is 0.760. The highest BCUT2D eigenvalue weighted by atomic mass is 16.5. The number of pyridine rings is 1. The Bertz CT molecular complexity index is 632. The Labute approximate surface area is 96.2 Å². The minimum absolute atomic E-state index is 0.0956. The summed E-state index contributed by atoms with van der Waals surface area (Å²) >= 11 is 0. The first kappa shape index (κ1) is 11.1. The number of benzene rings is 1. The number of hydrogen-bond acceptors (Lipinski definition) is 5. The molecule has 0 radical (unpaired) electrons. The largest absolute Gasteiger partial charge is 0.494 e. The van der Waals surface area contributed by atoms with Gasteiger partial charge in [0, 0.05) is 0 Å². The summed E-state index contributed by atoms with van der Waals surface area (Å²) in [5.41, 5.74) is -0.414. The molecular formula is C11H11NO5. The van der Waals surface area contributed by atoms with Gasteiger partial charge in [0.25, 0.3) is 5.88 Å². The summed E-state index contributed by atoms with van der Waals surface area (Å²) in [4.78, 5) is 11.9. The molecule has 6 heteroatoms. The molecule has 0 bridgehead atoms. The zero-order valence-corrected chi connectivity index (χ0v) is 9.30. The van der Waals surface area contributed by atoms with Crippen molar-refractivity contribution in [1.82, 2.24) is 4.73 Å². The lowest BCUT2D eigenvalue weighted by atomic mass is 10.2. The summed E-state index contributed by atoms with van der Waals surface area (Å²) in [6.07, 6.45) is 0. The van der Waals surface area contributed by atoms with Crippen molar-refractivity contribution in [3.8, 4) is 17.4 Å². The molecule has 2 aromatic rings. The van der Waals surface area contributed by atoms with Gasteiger partial charge in [-0.2, -0.15) is 0 Å². The van der Waals surface area contributed by atoms with Gasteiger partial charge in [0.15, 0.2) is 0 Å². The van der Waals surface area contributed by atoms with Crippen LogP contribution in [0.4, 0.5) is 0 Å². The molecule has 2 rings (SSSR count). The number of para-hydroxylation sites is 1. The van der Waals surface area contributed by atoms with Crippen LogP contribution in [0.3, 0.4) is 0 Å². The second-order valence-electron chi connectivity index (χ2n) is 3.35. The molecule has 1 heterocycles. The Morgan fingerprint density at radius 1 is 1.24 bits per heavy atom. The Kier molecular flexibility index (Phi) is 2.55. The summed E-state index contributed by atoms with van der Waals surface area (Å²) in [6.45, 7) is 0. The predicted molar refractivity (Wildman–Crippen MR) is 60.2 cm³/mol. The maximum atomic E-state index is 11.9. The molecule has 0 spiro atoms. The third-order valence-corrected chi connectivity index (χ3v) is 2.49. The lowest BCUT2D eigenvalue weighted by Crippen LogP contribution is -2.12. The Hall–Kier alpha value is -2.37. The highest BCUT2D eigenvalue weighted by Crippen LogP contribution is 2.30. The van der Waals surface area contributed by atoms with E-state index in [-0.39, 0.29) is 22.4 Å². The van der Waals surface area contributed by atoms with E-state index >= 15 is 0 Å². The molecular weight excluding hydrogens is 226 g/mol. The second kappa shape index (κ2) is 3.89. The van der Waals surface area contributed by atoms with Crippen molar-refractivity contribution >= 4 is 10.9 Å². The number of ether oxygens (including phenoxy) is 2. The maximum Gasteiger partial charge on any atom is 0.273 e. The van der Waals surface area contributed by atoms with Gasteiger partial charge in [0.05, 0.1) is 19.6 Å². The average molecular weight is 237 g/mol. The van der Waals surface area contributed by atoms with Crippen LogP contribution >= 0.6 is 0 Å². The summed E-state index contributed by atoms with van der Waals surface area (Å²) in [5, 5.41) is 19.6. The number of methoxy groups -OCH3 is 2. The number of aromatic hydroxyl groups is 1. The van der Waals surface area contributed by atoms with Gasteiger partial charge in [-0.1, -0.05) is 6.07 Å². The zero-order valence-electron chi connectivity index (χ0n) is 9.30. The standard InChI is InChI=1S/C11H11NO5/c1-16-7-5-3-4-6-8(7)12(15)11(14)10(17-2)9(6)13/h3-5,14-15H,1-2H3. The van der Waals surface area contributed by atoms with Crippen molar-refractivity contribution in [2.45, 2.75) is 0 Å². The van der Waals surface area contributed by atoms with Crippen molar-refractivity contribution in [3.05, 3.63) is 28.4 Å². The van der Waals surface area contributed by atoms with Crippen LogP contribution in [0.15, 0.2) is 23.0 Å². The summed E-state index contributed by atoms with van der Waals surface area (Å²) < 4.78 is 10.2. The number of fused-ring (bicyclic) bond motifs is 1. The van der Waals surface area contributed by atoms with Crippen molar-refractivity contribution < 1.29 is 19.8 Å². The van der Waals surface area contributed by atoms with Crippen LogP contribution in [-0.2, 0) is 0 Å². The number of rotatable bonds is 2. The van der Waals surface area contributed by atoms with E-state index in [1.165, 1.54) is 20.3 Å². The SMILES string of the molecule is COc1c(O)n(O)c2c(OC)cccc2c1=O. The molecule has 2 N–H and O–H groups in total. The molecule has 0 atom stereocenters. The van der Waals surface area contributed by atoms with Gasteiger partial charge in [-0.15, -0.1) is 4.73 Å². The fourth-order valence-electron chi connectivity index (χ4n) is 1.70. The first-order valence-electron chi connectivity index (χ1n) is 4.79. The number of hydrogen-bond donors (Lipinski definition) is 2. The van der Waals surface area contributed by atoms with Crippen LogP contribution < -0.4 is 14.9 Å². The zero-order chi connectivity index (χ0) is 12.6. The molecule has 1 aromatic heterocycles. The molecule has 0 saturated carbocycles. The van der Waals surface area contributed by atoms with E-state index in [1.54, 1.807) is 12.1 Å². The van der Waals surface area contributed by atoms with Crippen LogP contribution in [0, 0.1) is 0 Å². The van der Waals surface area contributed by atoms with E-state index in [2.05, 4.69) is 0 Å². The van der Waals surface area contributed by atoms with E-state index in [9.17, 15) is 15.1 Å². The second-order valence-corrected chi connectivity index (χ2v) is 3.35. The van der Waals surface area contributed by atoms with Crippen LogP contribution in [0.2, 0.25) is 0 Å². The molecule has 1 aromatic carbocycles. The lowest BCUT2D eigenvalue weighted by Gasteiger charge is -2.12. The topological polar surface area (TPSA) is 80.9 Å². The van der Waals surface area contributed by atoms with Gasteiger partial charge in [-0.25, -0.2) is 0 Å². The molecule has 17 heavy (non-hydrogen) atoms. The van der Waals surface area contributed by atoms with Crippen molar-refractivity contribution in [3.63, 3.8) is 0 Å². The Morgan fingerprint density at radius 2 is 1.94 bits per heavy atom. The van der Waals surface area contributed by atoms with E-state index in [4.69, 9.17) is 9.47 Å². The molecule has 0 unspecified atom stereocenters. The van der Waals surface area contributed by atoms with Crippen molar-refractivity contribution in [2.24, 2.45) is 0 Å². The van der Waals surface area contributed by atoms with Gasteiger partial charge in [-0.3, -0.25) is 4.79 Å². The first-order valence-corrected chi connectivity index (χ1v) is 4.79. The maximum absolute atomic E-state index is 11.9. The van der Waals surface area contributed by atoms with Crippen molar-refractivity contribution in [1.29, 1.82) is 0 Å². The number of aromatic nitrogens is 1. The molecule has 0 saturated heterocycles. The molecule has 90 valence electrons. The van der Waals surface area contributed by atoms with Gasteiger partial charge < -0.3 is 19.8 Å². The lowest BCUT2D eigenvalue weighted by molar-refractivity contribution is 0.157. The minimum Gasteiger partial charge on any atom is -0.494 e. The summed E-state index contributed by atoms with van der Waals surface area (Å²) in [5.74, 6) is -0.692. The summed E-state index contributed by atoms with van der Waals surface area (Å²) in [6, 6.07) is 4.69. The van der Waals surface area contributed by atoms with Crippen LogP contribution in [0.1, 0.15) is 0 Å². The summed E-state index contributed by atoms with van der Waals surface area (Å²) in [7, 11) is 2.64. The molecule has 0 fully saturated rings. The highest BCUT2D eigenvalue weighted by molar-refractivity contribution is 5.86.